The zero-order chi connectivity index (χ0) is 10.0. The van der Waals surface area contributed by atoms with Gasteiger partial charge < -0.3 is 10.1 Å². The first-order chi connectivity index (χ1) is 6.07. The average molecular weight is 181 g/mol. The van der Waals surface area contributed by atoms with E-state index < -0.39 is 5.97 Å². The Labute approximate surface area is 77.8 Å². The summed E-state index contributed by atoms with van der Waals surface area (Å²) in [5, 5.41) is 8.91. The summed E-state index contributed by atoms with van der Waals surface area (Å²) in [7, 11) is 0. The van der Waals surface area contributed by atoms with E-state index in [1.807, 2.05) is 6.92 Å². The predicted octanol–water partition coefficient (Wildman–Crippen LogP) is 2.28. The number of carbonyl (C=O) groups is 1. The molecule has 0 saturated heterocycles. The van der Waals surface area contributed by atoms with Crippen molar-refractivity contribution in [2.45, 2.75) is 33.6 Å². The minimum atomic E-state index is -0.839. The van der Waals surface area contributed by atoms with E-state index in [0.717, 1.165) is 29.8 Å². The normalized spacial score (nSPS) is 10.4. The van der Waals surface area contributed by atoms with Gasteiger partial charge in [0.1, 0.15) is 0 Å². The van der Waals surface area contributed by atoms with E-state index in [-0.39, 0.29) is 0 Å². The molecule has 0 unspecified atom stereocenters. The summed E-state index contributed by atoms with van der Waals surface area (Å²) in [4.78, 5) is 14.0. The maximum absolute atomic E-state index is 10.8. The minimum absolute atomic E-state index is 0.434. The molecule has 0 radical (unpaired) electrons. The number of hydrogen-bond acceptors (Lipinski definition) is 1. The van der Waals surface area contributed by atoms with E-state index in [1.54, 1.807) is 6.92 Å². The molecule has 1 heterocycles. The minimum Gasteiger partial charge on any atom is -0.478 e. The Morgan fingerprint density at radius 3 is 2.46 bits per heavy atom. The molecule has 2 N–H and O–H groups in total. The fourth-order valence-corrected chi connectivity index (χ4v) is 1.64. The molecule has 0 saturated carbocycles. The third-order valence-corrected chi connectivity index (χ3v) is 2.25. The Balaban J connectivity index is 3.14. The van der Waals surface area contributed by atoms with Crippen molar-refractivity contribution in [1.82, 2.24) is 4.98 Å². The number of aromatic amines is 1. The molecule has 72 valence electrons. The van der Waals surface area contributed by atoms with Gasteiger partial charge in [0.2, 0.25) is 0 Å². The molecule has 0 bridgehead atoms. The number of aryl methyl sites for hydroxylation is 2. The molecule has 0 aliphatic carbocycles. The van der Waals surface area contributed by atoms with Crippen LogP contribution < -0.4 is 0 Å². The zero-order valence-electron chi connectivity index (χ0n) is 8.27. The zero-order valence-corrected chi connectivity index (χ0v) is 8.27. The number of H-pyrrole nitrogens is 1. The monoisotopic (exact) mass is 181 g/mol. The standard InChI is InChI=1S/C10H15NO2/c1-4-5-8-6(2)9(10(12)13)7(3)11-8/h11H,4-5H2,1-3H3,(H,12,13). The van der Waals surface area contributed by atoms with Crippen LogP contribution in [0, 0.1) is 13.8 Å². The molecule has 1 aromatic rings. The second-order valence-corrected chi connectivity index (χ2v) is 3.28. The lowest BCUT2D eigenvalue weighted by molar-refractivity contribution is 0.0695. The number of hydrogen-bond donors (Lipinski definition) is 2. The molecule has 0 amide bonds. The first-order valence-corrected chi connectivity index (χ1v) is 4.49. The van der Waals surface area contributed by atoms with Crippen molar-refractivity contribution < 1.29 is 9.90 Å². The number of rotatable bonds is 3. The summed E-state index contributed by atoms with van der Waals surface area (Å²) in [6.45, 7) is 5.74. The van der Waals surface area contributed by atoms with Crippen LogP contribution >= 0.6 is 0 Å². The largest absolute Gasteiger partial charge is 0.478 e. The van der Waals surface area contributed by atoms with E-state index in [0.29, 0.717) is 5.56 Å². The first-order valence-electron chi connectivity index (χ1n) is 4.49. The number of carboxylic acid groups (broad SMARTS) is 1. The van der Waals surface area contributed by atoms with Crippen molar-refractivity contribution in [2.24, 2.45) is 0 Å². The van der Waals surface area contributed by atoms with Gasteiger partial charge in [-0.25, -0.2) is 4.79 Å². The summed E-state index contributed by atoms with van der Waals surface area (Å²) in [5.74, 6) is -0.839. The summed E-state index contributed by atoms with van der Waals surface area (Å²) in [5.41, 5.74) is 3.13. The smallest absolute Gasteiger partial charge is 0.337 e. The van der Waals surface area contributed by atoms with Crippen LogP contribution in [0.1, 0.15) is 40.7 Å². The number of carboxylic acids is 1. The fraction of sp³-hybridized carbons (Fsp3) is 0.500. The van der Waals surface area contributed by atoms with E-state index in [4.69, 9.17) is 5.11 Å². The third-order valence-electron chi connectivity index (χ3n) is 2.25. The maximum Gasteiger partial charge on any atom is 0.337 e. The second-order valence-electron chi connectivity index (χ2n) is 3.28. The van der Waals surface area contributed by atoms with E-state index in [2.05, 4.69) is 11.9 Å². The van der Waals surface area contributed by atoms with Gasteiger partial charge in [-0.1, -0.05) is 13.3 Å². The Morgan fingerprint density at radius 1 is 1.46 bits per heavy atom. The van der Waals surface area contributed by atoms with E-state index >= 15 is 0 Å². The lowest BCUT2D eigenvalue weighted by Crippen LogP contribution is -1.99. The molecule has 3 nitrogen and oxygen atoms in total. The van der Waals surface area contributed by atoms with Gasteiger partial charge in [0.25, 0.3) is 0 Å². The Kier molecular flexibility index (Phi) is 2.76. The van der Waals surface area contributed by atoms with Gasteiger partial charge in [-0.2, -0.15) is 0 Å². The topological polar surface area (TPSA) is 53.1 Å². The Bertz CT molecular complexity index is 326. The molecule has 0 aromatic carbocycles. The molecular weight excluding hydrogens is 166 g/mol. The Morgan fingerprint density at radius 2 is 2.08 bits per heavy atom. The van der Waals surface area contributed by atoms with Crippen LogP contribution in [0.3, 0.4) is 0 Å². The molecule has 13 heavy (non-hydrogen) atoms. The van der Waals surface area contributed by atoms with Crippen molar-refractivity contribution in [3.05, 3.63) is 22.5 Å². The number of nitrogens with one attached hydrogen (secondary N) is 1. The molecule has 0 atom stereocenters. The highest BCUT2D eigenvalue weighted by molar-refractivity contribution is 5.91. The van der Waals surface area contributed by atoms with E-state index in [9.17, 15) is 4.79 Å². The van der Waals surface area contributed by atoms with Crippen molar-refractivity contribution in [3.63, 3.8) is 0 Å². The SMILES string of the molecule is CCCc1[nH]c(C)c(C(=O)O)c1C. The fourth-order valence-electron chi connectivity index (χ4n) is 1.64. The number of aromatic carboxylic acids is 1. The average Bonchev–Trinajstić information content (AvgIpc) is 2.28. The van der Waals surface area contributed by atoms with Crippen molar-refractivity contribution >= 4 is 5.97 Å². The highest BCUT2D eigenvalue weighted by Crippen LogP contribution is 2.18. The molecule has 0 spiro atoms. The van der Waals surface area contributed by atoms with Crippen LogP contribution in [0.25, 0.3) is 0 Å². The van der Waals surface area contributed by atoms with Crippen LogP contribution in [0.4, 0.5) is 0 Å². The summed E-state index contributed by atoms with van der Waals surface area (Å²) in [6.07, 6.45) is 1.94. The van der Waals surface area contributed by atoms with E-state index in [1.165, 1.54) is 0 Å². The predicted molar refractivity (Wildman–Crippen MR) is 51.2 cm³/mol. The van der Waals surface area contributed by atoms with Crippen LogP contribution in [-0.4, -0.2) is 16.1 Å². The molecule has 1 rings (SSSR count). The number of aromatic nitrogens is 1. The van der Waals surface area contributed by atoms with Gasteiger partial charge in [0, 0.05) is 11.4 Å². The van der Waals surface area contributed by atoms with Crippen LogP contribution in [-0.2, 0) is 6.42 Å². The van der Waals surface area contributed by atoms with Crippen molar-refractivity contribution in [3.8, 4) is 0 Å². The van der Waals surface area contributed by atoms with Crippen molar-refractivity contribution in [1.29, 1.82) is 0 Å². The summed E-state index contributed by atoms with van der Waals surface area (Å²) < 4.78 is 0. The lowest BCUT2D eigenvalue weighted by atomic mass is 10.1. The third kappa shape index (κ3) is 1.74. The van der Waals surface area contributed by atoms with Gasteiger partial charge in [-0.15, -0.1) is 0 Å². The molecular formula is C10H15NO2. The van der Waals surface area contributed by atoms with Gasteiger partial charge in [-0.3, -0.25) is 0 Å². The highest BCUT2D eigenvalue weighted by atomic mass is 16.4. The first kappa shape index (κ1) is 9.84. The summed E-state index contributed by atoms with van der Waals surface area (Å²) in [6, 6.07) is 0. The van der Waals surface area contributed by atoms with Gasteiger partial charge >= 0.3 is 5.97 Å². The van der Waals surface area contributed by atoms with Gasteiger partial charge in [0.05, 0.1) is 5.56 Å². The molecule has 1 aromatic heterocycles. The second kappa shape index (κ2) is 3.64. The molecule has 0 aliphatic rings. The van der Waals surface area contributed by atoms with Gasteiger partial charge in [0.15, 0.2) is 0 Å². The van der Waals surface area contributed by atoms with Crippen LogP contribution in [0.15, 0.2) is 0 Å². The molecule has 0 fully saturated rings. The molecule has 0 aliphatic heterocycles. The highest BCUT2D eigenvalue weighted by Gasteiger charge is 2.15. The van der Waals surface area contributed by atoms with Gasteiger partial charge in [-0.05, 0) is 25.8 Å². The molecule has 3 heteroatoms. The van der Waals surface area contributed by atoms with Crippen LogP contribution in [0.5, 0.6) is 0 Å². The maximum atomic E-state index is 10.8. The lowest BCUT2D eigenvalue weighted by Gasteiger charge is -1.96. The quantitative estimate of drug-likeness (QED) is 0.751. The van der Waals surface area contributed by atoms with Crippen molar-refractivity contribution in [2.75, 3.05) is 0 Å². The van der Waals surface area contributed by atoms with Crippen LogP contribution in [0.2, 0.25) is 0 Å². The summed E-state index contributed by atoms with van der Waals surface area (Å²) >= 11 is 0. The Hall–Kier alpha value is -1.25.